The van der Waals surface area contributed by atoms with Crippen molar-refractivity contribution in [1.29, 1.82) is 10.5 Å². The Morgan fingerprint density at radius 3 is 2.27 bits per heavy atom. The van der Waals surface area contributed by atoms with Crippen LogP contribution < -0.4 is 10.1 Å². The number of aryl methyl sites for hydroxylation is 2. The van der Waals surface area contributed by atoms with Crippen molar-refractivity contribution >= 4 is 22.5 Å². The topological polar surface area (TPSA) is 94.6 Å². The standard InChI is InChI=1S/C24H17N5O/c1-15-9-18(13-26)10-16(2)24(15)30-21-11-23(28-20-6-4-3-5-19(20)21)29-22-8-7-17(12-25)14-27-22/h3-11,14H,1-2H3,(H,27,28,29). The molecular formula is C24H17N5O. The number of para-hydroxylation sites is 1. The second kappa shape index (κ2) is 7.90. The van der Waals surface area contributed by atoms with Crippen LogP contribution in [0.1, 0.15) is 22.3 Å². The molecule has 2 aromatic heterocycles. The molecular weight excluding hydrogens is 374 g/mol. The molecule has 0 aliphatic heterocycles. The number of rotatable bonds is 4. The highest BCUT2D eigenvalue weighted by molar-refractivity contribution is 5.87. The molecule has 30 heavy (non-hydrogen) atoms. The number of nitriles is 2. The summed E-state index contributed by atoms with van der Waals surface area (Å²) in [6, 6.07) is 20.8. The Hall–Kier alpha value is -4.42. The summed E-state index contributed by atoms with van der Waals surface area (Å²) in [5.41, 5.74) is 3.63. The smallest absolute Gasteiger partial charge is 0.140 e. The van der Waals surface area contributed by atoms with E-state index in [2.05, 4.69) is 27.4 Å². The van der Waals surface area contributed by atoms with Crippen LogP contribution in [-0.4, -0.2) is 9.97 Å². The van der Waals surface area contributed by atoms with Gasteiger partial charge in [0.25, 0.3) is 0 Å². The number of hydrogen-bond acceptors (Lipinski definition) is 6. The molecule has 6 heteroatoms. The zero-order valence-electron chi connectivity index (χ0n) is 16.5. The SMILES string of the molecule is Cc1cc(C#N)cc(C)c1Oc1cc(Nc2ccc(C#N)cn2)nc2ccccc12. The van der Waals surface area contributed by atoms with Crippen molar-refractivity contribution in [1.82, 2.24) is 9.97 Å². The minimum absolute atomic E-state index is 0.489. The van der Waals surface area contributed by atoms with Crippen molar-refractivity contribution in [2.24, 2.45) is 0 Å². The number of anilines is 2. The Bertz CT molecular complexity index is 1310. The Morgan fingerprint density at radius 2 is 1.60 bits per heavy atom. The summed E-state index contributed by atoms with van der Waals surface area (Å²) in [6.45, 7) is 3.85. The average Bonchev–Trinajstić information content (AvgIpc) is 2.76. The molecule has 0 fully saturated rings. The van der Waals surface area contributed by atoms with Crippen LogP contribution in [0.5, 0.6) is 11.5 Å². The summed E-state index contributed by atoms with van der Waals surface area (Å²) in [5.74, 6) is 2.51. The molecule has 0 aliphatic rings. The van der Waals surface area contributed by atoms with Crippen LogP contribution in [0.4, 0.5) is 11.6 Å². The zero-order valence-corrected chi connectivity index (χ0v) is 16.5. The van der Waals surface area contributed by atoms with E-state index in [4.69, 9.17) is 10.00 Å². The van der Waals surface area contributed by atoms with Crippen LogP contribution >= 0.6 is 0 Å². The van der Waals surface area contributed by atoms with E-state index >= 15 is 0 Å². The molecule has 1 N–H and O–H groups in total. The lowest BCUT2D eigenvalue weighted by Gasteiger charge is -2.15. The third kappa shape index (κ3) is 3.76. The van der Waals surface area contributed by atoms with Crippen molar-refractivity contribution in [3.8, 4) is 23.6 Å². The van der Waals surface area contributed by atoms with Gasteiger partial charge in [0, 0.05) is 17.6 Å². The van der Waals surface area contributed by atoms with Gasteiger partial charge in [0.2, 0.25) is 0 Å². The summed E-state index contributed by atoms with van der Waals surface area (Å²) in [7, 11) is 0. The molecule has 4 aromatic rings. The summed E-state index contributed by atoms with van der Waals surface area (Å²) < 4.78 is 6.31. The number of hydrogen-bond donors (Lipinski definition) is 1. The molecule has 0 atom stereocenters. The quantitative estimate of drug-likeness (QED) is 0.492. The van der Waals surface area contributed by atoms with Gasteiger partial charge in [-0.15, -0.1) is 0 Å². The first-order chi connectivity index (χ1) is 14.6. The molecule has 0 radical (unpaired) electrons. The molecule has 6 nitrogen and oxygen atoms in total. The summed E-state index contributed by atoms with van der Waals surface area (Å²) in [4.78, 5) is 8.89. The van der Waals surface area contributed by atoms with Crippen LogP contribution in [0.15, 0.2) is 60.8 Å². The van der Waals surface area contributed by atoms with Crippen molar-refractivity contribution in [2.45, 2.75) is 13.8 Å². The molecule has 2 aromatic carbocycles. The predicted octanol–water partition coefficient (Wildman–Crippen LogP) is 5.53. The molecule has 0 bridgehead atoms. The first-order valence-corrected chi connectivity index (χ1v) is 9.29. The molecule has 0 spiro atoms. The number of nitrogens with zero attached hydrogens (tertiary/aromatic N) is 4. The van der Waals surface area contributed by atoms with E-state index in [1.54, 1.807) is 12.1 Å². The van der Waals surface area contributed by atoms with Gasteiger partial charge in [-0.05, 0) is 61.4 Å². The van der Waals surface area contributed by atoms with Gasteiger partial charge in [-0.25, -0.2) is 9.97 Å². The van der Waals surface area contributed by atoms with Crippen LogP contribution in [-0.2, 0) is 0 Å². The molecule has 0 amide bonds. The zero-order chi connectivity index (χ0) is 21.1. The van der Waals surface area contributed by atoms with Crippen LogP contribution in [0.25, 0.3) is 10.9 Å². The van der Waals surface area contributed by atoms with Gasteiger partial charge in [0.15, 0.2) is 0 Å². The summed E-state index contributed by atoms with van der Waals surface area (Å²) in [5, 5.41) is 22.2. The number of pyridine rings is 2. The average molecular weight is 391 g/mol. The van der Waals surface area contributed by atoms with Crippen LogP contribution in [0.2, 0.25) is 0 Å². The molecule has 0 aliphatic carbocycles. The van der Waals surface area contributed by atoms with Gasteiger partial charge in [-0.2, -0.15) is 10.5 Å². The van der Waals surface area contributed by atoms with Crippen molar-refractivity contribution in [2.75, 3.05) is 5.32 Å². The molecule has 4 rings (SSSR count). The molecule has 144 valence electrons. The number of benzene rings is 2. The van der Waals surface area contributed by atoms with E-state index in [1.807, 2.05) is 56.3 Å². The second-order valence-electron chi connectivity index (χ2n) is 6.84. The van der Waals surface area contributed by atoms with Crippen LogP contribution in [0.3, 0.4) is 0 Å². The highest BCUT2D eigenvalue weighted by atomic mass is 16.5. The van der Waals surface area contributed by atoms with Crippen LogP contribution in [0, 0.1) is 36.5 Å². The van der Waals surface area contributed by atoms with Crippen molar-refractivity contribution in [3.63, 3.8) is 0 Å². The largest absolute Gasteiger partial charge is 0.456 e. The number of fused-ring (bicyclic) bond motifs is 1. The van der Waals surface area contributed by atoms with Gasteiger partial charge in [-0.1, -0.05) is 12.1 Å². The highest BCUT2D eigenvalue weighted by Gasteiger charge is 2.13. The van der Waals surface area contributed by atoms with Gasteiger partial charge in [0.05, 0.1) is 22.7 Å². The van der Waals surface area contributed by atoms with E-state index in [-0.39, 0.29) is 0 Å². The second-order valence-corrected chi connectivity index (χ2v) is 6.84. The monoisotopic (exact) mass is 391 g/mol. The maximum Gasteiger partial charge on any atom is 0.140 e. The fourth-order valence-electron chi connectivity index (χ4n) is 3.24. The lowest BCUT2D eigenvalue weighted by atomic mass is 10.1. The Balaban J connectivity index is 1.76. The van der Waals surface area contributed by atoms with E-state index < -0.39 is 0 Å². The lowest BCUT2D eigenvalue weighted by Crippen LogP contribution is -1.99. The van der Waals surface area contributed by atoms with E-state index in [9.17, 15) is 5.26 Å². The maximum absolute atomic E-state index is 9.19. The fourth-order valence-corrected chi connectivity index (χ4v) is 3.24. The third-order valence-electron chi connectivity index (χ3n) is 4.63. The minimum atomic E-state index is 0.489. The Labute approximate surface area is 174 Å². The van der Waals surface area contributed by atoms with Crippen molar-refractivity contribution < 1.29 is 4.74 Å². The fraction of sp³-hybridized carbons (Fsp3) is 0.0833. The minimum Gasteiger partial charge on any atom is -0.456 e. The molecule has 0 saturated heterocycles. The van der Waals surface area contributed by atoms with Gasteiger partial charge in [-0.3, -0.25) is 0 Å². The number of aromatic nitrogens is 2. The molecule has 0 unspecified atom stereocenters. The Morgan fingerprint density at radius 1 is 0.867 bits per heavy atom. The number of ether oxygens (including phenoxy) is 1. The first-order valence-electron chi connectivity index (χ1n) is 9.29. The third-order valence-corrected chi connectivity index (χ3v) is 4.63. The summed E-state index contributed by atoms with van der Waals surface area (Å²) in [6.07, 6.45) is 1.50. The maximum atomic E-state index is 9.19. The summed E-state index contributed by atoms with van der Waals surface area (Å²) >= 11 is 0. The first kappa shape index (κ1) is 18.9. The highest BCUT2D eigenvalue weighted by Crippen LogP contribution is 2.35. The molecule has 2 heterocycles. The van der Waals surface area contributed by atoms with Gasteiger partial charge >= 0.3 is 0 Å². The normalized spacial score (nSPS) is 10.3. The van der Waals surface area contributed by atoms with Crippen molar-refractivity contribution in [3.05, 3.63) is 83.0 Å². The van der Waals surface area contributed by atoms with E-state index in [1.165, 1.54) is 6.20 Å². The number of nitrogens with one attached hydrogen (secondary N) is 1. The molecule has 0 saturated carbocycles. The predicted molar refractivity (Wildman–Crippen MR) is 115 cm³/mol. The Kier molecular flexibility index (Phi) is 4.99. The lowest BCUT2D eigenvalue weighted by molar-refractivity contribution is 0.480. The van der Waals surface area contributed by atoms with Gasteiger partial charge < -0.3 is 10.1 Å². The van der Waals surface area contributed by atoms with Gasteiger partial charge in [0.1, 0.15) is 29.2 Å². The van der Waals surface area contributed by atoms with E-state index in [0.29, 0.717) is 34.3 Å². The van der Waals surface area contributed by atoms with E-state index in [0.717, 1.165) is 22.0 Å².